The standard InChI is InChI=1S/C8H19NOS/c1-2-9-5-3-7-11-8-4-6-10/h9-10H,2-8H2,1H3. The lowest BCUT2D eigenvalue weighted by Crippen LogP contribution is -2.14. The molecule has 0 aromatic heterocycles. The van der Waals surface area contributed by atoms with Crippen LogP contribution in [0.5, 0.6) is 0 Å². The summed E-state index contributed by atoms with van der Waals surface area (Å²) >= 11 is 1.93. The summed E-state index contributed by atoms with van der Waals surface area (Å²) in [5, 5.41) is 11.8. The third-order valence-electron chi connectivity index (χ3n) is 1.34. The van der Waals surface area contributed by atoms with E-state index in [2.05, 4.69) is 12.2 Å². The molecule has 0 aromatic carbocycles. The molecule has 11 heavy (non-hydrogen) atoms. The van der Waals surface area contributed by atoms with Gasteiger partial charge in [0, 0.05) is 6.61 Å². The Bertz CT molecular complexity index is 63.1. The first-order chi connectivity index (χ1) is 5.41. The molecular formula is C8H19NOS. The van der Waals surface area contributed by atoms with E-state index in [1.54, 1.807) is 0 Å². The molecule has 0 fully saturated rings. The fraction of sp³-hybridized carbons (Fsp3) is 1.00. The largest absolute Gasteiger partial charge is 0.396 e. The van der Waals surface area contributed by atoms with Crippen LogP contribution in [0.3, 0.4) is 0 Å². The van der Waals surface area contributed by atoms with Gasteiger partial charge in [0.05, 0.1) is 0 Å². The Kier molecular flexibility index (Phi) is 10.5. The van der Waals surface area contributed by atoms with Gasteiger partial charge in [-0.1, -0.05) is 6.92 Å². The molecule has 0 aliphatic heterocycles. The summed E-state index contributed by atoms with van der Waals surface area (Å²) in [6.07, 6.45) is 2.18. The van der Waals surface area contributed by atoms with E-state index in [9.17, 15) is 0 Å². The highest BCUT2D eigenvalue weighted by atomic mass is 32.2. The van der Waals surface area contributed by atoms with Gasteiger partial charge in [-0.15, -0.1) is 0 Å². The zero-order valence-corrected chi connectivity index (χ0v) is 8.12. The Morgan fingerprint density at radius 3 is 2.64 bits per heavy atom. The first-order valence-electron chi connectivity index (χ1n) is 4.31. The third-order valence-corrected chi connectivity index (χ3v) is 2.49. The maximum absolute atomic E-state index is 8.48. The van der Waals surface area contributed by atoms with Crippen LogP contribution in [-0.2, 0) is 0 Å². The summed E-state index contributed by atoms with van der Waals surface area (Å²) in [5.41, 5.74) is 0. The number of aliphatic hydroxyl groups is 1. The highest BCUT2D eigenvalue weighted by Crippen LogP contribution is 2.02. The Morgan fingerprint density at radius 2 is 2.00 bits per heavy atom. The monoisotopic (exact) mass is 177 g/mol. The number of nitrogens with one attached hydrogen (secondary N) is 1. The molecule has 0 spiro atoms. The van der Waals surface area contributed by atoms with Crippen LogP contribution < -0.4 is 5.32 Å². The predicted octanol–water partition coefficient (Wildman–Crippen LogP) is 1.10. The number of rotatable bonds is 8. The first-order valence-corrected chi connectivity index (χ1v) is 5.46. The molecule has 2 nitrogen and oxygen atoms in total. The number of thioether (sulfide) groups is 1. The molecule has 0 radical (unpaired) electrons. The molecule has 0 aliphatic rings. The fourth-order valence-corrected chi connectivity index (χ4v) is 1.63. The molecule has 0 bridgehead atoms. The lowest BCUT2D eigenvalue weighted by atomic mass is 10.5. The van der Waals surface area contributed by atoms with Crippen molar-refractivity contribution in [2.24, 2.45) is 0 Å². The highest BCUT2D eigenvalue weighted by Gasteiger charge is 1.88. The van der Waals surface area contributed by atoms with Crippen LogP contribution in [-0.4, -0.2) is 36.3 Å². The van der Waals surface area contributed by atoms with Crippen molar-refractivity contribution in [2.45, 2.75) is 19.8 Å². The van der Waals surface area contributed by atoms with E-state index in [4.69, 9.17) is 5.11 Å². The van der Waals surface area contributed by atoms with Gasteiger partial charge in [-0.25, -0.2) is 0 Å². The number of hydrogen-bond donors (Lipinski definition) is 2. The summed E-state index contributed by atoms with van der Waals surface area (Å²) in [6.45, 7) is 4.66. The van der Waals surface area contributed by atoms with Gasteiger partial charge in [-0.2, -0.15) is 11.8 Å². The minimum absolute atomic E-state index is 0.334. The predicted molar refractivity (Wildman–Crippen MR) is 52.2 cm³/mol. The summed E-state index contributed by atoms with van der Waals surface area (Å²) in [7, 11) is 0. The van der Waals surface area contributed by atoms with Gasteiger partial charge in [0.15, 0.2) is 0 Å². The molecule has 68 valence electrons. The number of hydrogen-bond acceptors (Lipinski definition) is 3. The Balaban J connectivity index is 2.69. The molecule has 0 aliphatic carbocycles. The van der Waals surface area contributed by atoms with Crippen LogP contribution in [0.25, 0.3) is 0 Å². The van der Waals surface area contributed by atoms with E-state index in [0.29, 0.717) is 6.61 Å². The van der Waals surface area contributed by atoms with E-state index in [1.165, 1.54) is 12.2 Å². The second kappa shape index (κ2) is 10.3. The molecule has 0 heterocycles. The van der Waals surface area contributed by atoms with Gasteiger partial charge in [-0.05, 0) is 37.4 Å². The van der Waals surface area contributed by atoms with Gasteiger partial charge < -0.3 is 10.4 Å². The van der Waals surface area contributed by atoms with Crippen molar-refractivity contribution in [3.05, 3.63) is 0 Å². The van der Waals surface area contributed by atoms with Crippen LogP contribution >= 0.6 is 11.8 Å². The summed E-state index contributed by atoms with van der Waals surface area (Å²) in [5.74, 6) is 2.32. The molecule has 2 N–H and O–H groups in total. The smallest absolute Gasteiger partial charge is 0.0438 e. The van der Waals surface area contributed by atoms with Crippen LogP contribution in [0.4, 0.5) is 0 Å². The second-order valence-electron chi connectivity index (χ2n) is 2.40. The van der Waals surface area contributed by atoms with Crippen molar-refractivity contribution >= 4 is 11.8 Å². The van der Waals surface area contributed by atoms with E-state index < -0.39 is 0 Å². The van der Waals surface area contributed by atoms with Crippen molar-refractivity contribution < 1.29 is 5.11 Å². The summed E-state index contributed by atoms with van der Waals surface area (Å²) < 4.78 is 0. The van der Waals surface area contributed by atoms with Crippen LogP contribution in [0.1, 0.15) is 19.8 Å². The van der Waals surface area contributed by atoms with Crippen LogP contribution in [0.2, 0.25) is 0 Å². The van der Waals surface area contributed by atoms with Crippen molar-refractivity contribution in [3.8, 4) is 0 Å². The van der Waals surface area contributed by atoms with E-state index in [0.717, 1.165) is 25.3 Å². The SMILES string of the molecule is CCNCCCSCCCO. The summed E-state index contributed by atoms with van der Waals surface area (Å²) in [4.78, 5) is 0. The molecule has 0 unspecified atom stereocenters. The average molecular weight is 177 g/mol. The topological polar surface area (TPSA) is 32.3 Å². The molecule has 0 rings (SSSR count). The van der Waals surface area contributed by atoms with Crippen LogP contribution in [0.15, 0.2) is 0 Å². The minimum Gasteiger partial charge on any atom is -0.396 e. The van der Waals surface area contributed by atoms with Gasteiger partial charge in [0.2, 0.25) is 0 Å². The van der Waals surface area contributed by atoms with Crippen LogP contribution in [0, 0.1) is 0 Å². The van der Waals surface area contributed by atoms with Crippen molar-refractivity contribution in [2.75, 3.05) is 31.2 Å². The van der Waals surface area contributed by atoms with E-state index in [1.807, 2.05) is 11.8 Å². The van der Waals surface area contributed by atoms with Gasteiger partial charge in [-0.3, -0.25) is 0 Å². The van der Waals surface area contributed by atoms with E-state index in [-0.39, 0.29) is 0 Å². The highest BCUT2D eigenvalue weighted by molar-refractivity contribution is 7.99. The third kappa shape index (κ3) is 10.3. The van der Waals surface area contributed by atoms with Gasteiger partial charge in [0.1, 0.15) is 0 Å². The van der Waals surface area contributed by atoms with Gasteiger partial charge in [0.25, 0.3) is 0 Å². The van der Waals surface area contributed by atoms with Crippen molar-refractivity contribution in [1.82, 2.24) is 5.32 Å². The summed E-state index contributed by atoms with van der Waals surface area (Å²) in [6, 6.07) is 0. The molecule has 0 aromatic rings. The lowest BCUT2D eigenvalue weighted by Gasteiger charge is -2.00. The minimum atomic E-state index is 0.334. The number of aliphatic hydroxyl groups excluding tert-OH is 1. The normalized spacial score (nSPS) is 10.4. The zero-order valence-electron chi connectivity index (χ0n) is 7.31. The van der Waals surface area contributed by atoms with Crippen molar-refractivity contribution in [3.63, 3.8) is 0 Å². The van der Waals surface area contributed by atoms with Gasteiger partial charge >= 0.3 is 0 Å². The maximum Gasteiger partial charge on any atom is 0.0438 e. The Hall–Kier alpha value is 0.270. The molecule has 0 saturated carbocycles. The Morgan fingerprint density at radius 1 is 1.27 bits per heavy atom. The zero-order chi connectivity index (χ0) is 8.36. The van der Waals surface area contributed by atoms with Crippen molar-refractivity contribution in [1.29, 1.82) is 0 Å². The molecule has 3 heteroatoms. The average Bonchev–Trinajstić information content (AvgIpc) is 2.03. The molecule has 0 amide bonds. The quantitative estimate of drug-likeness (QED) is 0.545. The second-order valence-corrected chi connectivity index (χ2v) is 3.62. The Labute approximate surface area is 73.8 Å². The lowest BCUT2D eigenvalue weighted by molar-refractivity contribution is 0.296. The fourth-order valence-electron chi connectivity index (χ4n) is 0.745. The van der Waals surface area contributed by atoms with E-state index >= 15 is 0 Å². The first kappa shape index (κ1) is 11.3. The molecule has 0 atom stereocenters. The maximum atomic E-state index is 8.48. The molecule has 0 saturated heterocycles. The molecular weight excluding hydrogens is 158 g/mol.